The van der Waals surface area contributed by atoms with Crippen molar-refractivity contribution >= 4 is 56.8 Å². The fourth-order valence-corrected chi connectivity index (χ4v) is 4.11. The number of nitrogens with zero attached hydrogens (tertiary/aromatic N) is 2. The van der Waals surface area contributed by atoms with Gasteiger partial charge in [-0.1, -0.05) is 11.6 Å². The average molecular weight is 496 g/mol. The second-order valence-corrected chi connectivity index (χ2v) is 9.05. The molecular weight excluding hydrogens is 470 g/mol. The SMILES string of the molecule is C[n+]1ccc(Nc2ccc(NC(=O)c3ccc(Nc4cc[n+](C)c5cc(Cl)ccc45)cc3)cc2)cc1. The lowest BCUT2D eigenvalue weighted by Crippen LogP contribution is -2.28. The van der Waals surface area contributed by atoms with Crippen molar-refractivity contribution in [3.63, 3.8) is 0 Å². The summed E-state index contributed by atoms with van der Waals surface area (Å²) in [6.07, 6.45) is 5.95. The molecule has 3 aromatic carbocycles. The van der Waals surface area contributed by atoms with E-state index in [1.807, 2.05) is 127 Å². The molecule has 0 bridgehead atoms. The molecule has 0 unspecified atom stereocenters. The van der Waals surface area contributed by atoms with Gasteiger partial charge in [-0.15, -0.1) is 0 Å². The van der Waals surface area contributed by atoms with Crippen LogP contribution in [0.2, 0.25) is 5.02 Å². The van der Waals surface area contributed by atoms with E-state index in [4.69, 9.17) is 11.6 Å². The Bertz CT molecular complexity index is 1530. The number of fused-ring (bicyclic) bond motifs is 1. The first-order valence-corrected chi connectivity index (χ1v) is 11.9. The van der Waals surface area contributed by atoms with Crippen molar-refractivity contribution in [3.05, 3.63) is 114 Å². The molecule has 0 aliphatic heterocycles. The molecule has 0 saturated heterocycles. The molecule has 2 aromatic heterocycles. The predicted octanol–water partition coefficient (Wildman–Crippen LogP) is 5.88. The van der Waals surface area contributed by atoms with Gasteiger partial charge in [-0.05, 0) is 60.7 Å². The van der Waals surface area contributed by atoms with Crippen LogP contribution in [0.3, 0.4) is 0 Å². The third-order valence-electron chi connectivity index (χ3n) is 5.93. The van der Waals surface area contributed by atoms with E-state index < -0.39 is 0 Å². The van der Waals surface area contributed by atoms with E-state index >= 15 is 0 Å². The first kappa shape index (κ1) is 23.3. The molecular formula is C29H26ClN5O+2. The lowest BCUT2D eigenvalue weighted by molar-refractivity contribution is -0.671. The van der Waals surface area contributed by atoms with Crippen molar-refractivity contribution in [2.75, 3.05) is 16.0 Å². The van der Waals surface area contributed by atoms with Gasteiger partial charge < -0.3 is 16.0 Å². The third-order valence-corrected chi connectivity index (χ3v) is 6.17. The molecule has 0 saturated carbocycles. The maximum absolute atomic E-state index is 12.8. The van der Waals surface area contributed by atoms with Crippen molar-refractivity contribution in [1.29, 1.82) is 0 Å². The van der Waals surface area contributed by atoms with Crippen LogP contribution in [0, 0.1) is 0 Å². The van der Waals surface area contributed by atoms with Crippen LogP contribution >= 0.6 is 11.6 Å². The third kappa shape index (κ3) is 5.29. The van der Waals surface area contributed by atoms with Gasteiger partial charge in [-0.2, -0.15) is 0 Å². The van der Waals surface area contributed by atoms with E-state index in [2.05, 4.69) is 16.0 Å². The second kappa shape index (κ2) is 10.1. The summed E-state index contributed by atoms with van der Waals surface area (Å²) in [6, 6.07) is 26.9. The molecule has 3 N–H and O–H groups in total. The van der Waals surface area contributed by atoms with Gasteiger partial charge in [0.1, 0.15) is 14.1 Å². The minimum Gasteiger partial charge on any atom is -0.355 e. The molecule has 2 heterocycles. The van der Waals surface area contributed by atoms with Crippen molar-refractivity contribution in [3.8, 4) is 0 Å². The number of pyridine rings is 2. The summed E-state index contributed by atoms with van der Waals surface area (Å²) in [5, 5.41) is 11.5. The smallest absolute Gasteiger partial charge is 0.255 e. The monoisotopic (exact) mass is 495 g/mol. The quantitative estimate of drug-likeness (QED) is 0.258. The molecule has 0 aliphatic rings. The normalized spacial score (nSPS) is 10.8. The van der Waals surface area contributed by atoms with Gasteiger partial charge in [0.05, 0.1) is 16.8 Å². The number of hydrogen-bond acceptors (Lipinski definition) is 3. The Labute approximate surface area is 214 Å². The number of aryl methyl sites for hydroxylation is 2. The molecule has 178 valence electrons. The molecule has 0 spiro atoms. The number of carbonyl (C=O) groups excluding carboxylic acids is 1. The molecule has 5 rings (SSSR count). The molecule has 1 amide bonds. The van der Waals surface area contributed by atoms with E-state index in [9.17, 15) is 4.79 Å². The van der Waals surface area contributed by atoms with Gasteiger partial charge in [0.2, 0.25) is 5.52 Å². The molecule has 7 heteroatoms. The van der Waals surface area contributed by atoms with Crippen LogP contribution in [-0.4, -0.2) is 5.91 Å². The second-order valence-electron chi connectivity index (χ2n) is 8.61. The zero-order valence-electron chi connectivity index (χ0n) is 20.0. The molecule has 0 radical (unpaired) electrons. The van der Waals surface area contributed by atoms with E-state index in [-0.39, 0.29) is 5.91 Å². The molecule has 6 nitrogen and oxygen atoms in total. The van der Waals surface area contributed by atoms with Crippen LogP contribution < -0.4 is 25.1 Å². The summed E-state index contributed by atoms with van der Waals surface area (Å²) >= 11 is 6.18. The molecule has 0 atom stereocenters. The Morgan fingerprint density at radius 1 is 0.694 bits per heavy atom. The number of anilines is 5. The average Bonchev–Trinajstić information content (AvgIpc) is 2.89. The van der Waals surface area contributed by atoms with Crippen LogP contribution in [0.25, 0.3) is 10.9 Å². The number of amides is 1. The van der Waals surface area contributed by atoms with Gasteiger partial charge in [-0.25, -0.2) is 9.13 Å². The zero-order valence-corrected chi connectivity index (χ0v) is 20.8. The van der Waals surface area contributed by atoms with Crippen LogP contribution in [0.15, 0.2) is 104 Å². The Morgan fingerprint density at radius 3 is 2.03 bits per heavy atom. The van der Waals surface area contributed by atoms with E-state index in [1.54, 1.807) is 0 Å². The highest BCUT2D eigenvalue weighted by atomic mass is 35.5. The number of carbonyl (C=O) groups is 1. The Balaban J connectivity index is 1.24. The zero-order chi connectivity index (χ0) is 25.1. The first-order chi connectivity index (χ1) is 17.4. The number of halogens is 1. The van der Waals surface area contributed by atoms with Crippen LogP contribution in [0.4, 0.5) is 28.4 Å². The fraction of sp³-hybridized carbons (Fsp3) is 0.0690. The van der Waals surface area contributed by atoms with Crippen molar-refractivity contribution in [2.24, 2.45) is 14.1 Å². The fourth-order valence-electron chi connectivity index (χ4n) is 3.94. The maximum atomic E-state index is 12.8. The highest BCUT2D eigenvalue weighted by Gasteiger charge is 2.11. The number of nitrogens with one attached hydrogen (secondary N) is 3. The van der Waals surface area contributed by atoms with Gasteiger partial charge in [-0.3, -0.25) is 4.79 Å². The Kier molecular flexibility index (Phi) is 6.52. The van der Waals surface area contributed by atoms with Crippen molar-refractivity contribution in [1.82, 2.24) is 0 Å². The number of rotatable bonds is 6. The lowest BCUT2D eigenvalue weighted by atomic mass is 10.1. The number of hydrogen-bond donors (Lipinski definition) is 3. The maximum Gasteiger partial charge on any atom is 0.255 e. The Morgan fingerprint density at radius 2 is 1.31 bits per heavy atom. The molecule has 0 aliphatic carbocycles. The van der Waals surface area contributed by atoms with E-state index in [0.717, 1.165) is 39.3 Å². The molecule has 0 fully saturated rings. The first-order valence-electron chi connectivity index (χ1n) is 11.5. The largest absolute Gasteiger partial charge is 0.355 e. The standard InChI is InChI=1S/C29H24ClN5O/c1-34-16-13-25(14-17-34)31-22-8-10-24(11-9-22)33-29(36)20-3-6-23(7-4-20)32-27-15-18-35(2)28-19-21(30)5-12-26(27)28/h3-19H,1-2H3,(H,33,36)/p+2. The number of aromatic nitrogens is 2. The summed E-state index contributed by atoms with van der Waals surface area (Å²) in [5.74, 6) is -0.162. The van der Waals surface area contributed by atoms with Gasteiger partial charge in [0.25, 0.3) is 5.91 Å². The van der Waals surface area contributed by atoms with Crippen LogP contribution in [0.1, 0.15) is 10.4 Å². The summed E-state index contributed by atoms with van der Waals surface area (Å²) in [5.41, 5.74) is 6.14. The highest BCUT2D eigenvalue weighted by molar-refractivity contribution is 6.31. The summed E-state index contributed by atoms with van der Waals surface area (Å²) in [4.78, 5) is 12.8. The van der Waals surface area contributed by atoms with E-state index in [0.29, 0.717) is 10.6 Å². The van der Waals surface area contributed by atoms with E-state index in [1.165, 1.54) is 0 Å². The van der Waals surface area contributed by atoms with Crippen molar-refractivity contribution < 1.29 is 13.9 Å². The summed E-state index contributed by atoms with van der Waals surface area (Å²) in [7, 11) is 3.97. The van der Waals surface area contributed by atoms with Crippen LogP contribution in [-0.2, 0) is 14.1 Å². The minimum absolute atomic E-state index is 0.162. The van der Waals surface area contributed by atoms with Gasteiger partial charge in [0.15, 0.2) is 18.6 Å². The Hall–Kier alpha value is -4.42. The van der Waals surface area contributed by atoms with Crippen LogP contribution in [0.5, 0.6) is 0 Å². The van der Waals surface area contributed by atoms with Gasteiger partial charge in [0, 0.05) is 51.9 Å². The summed E-state index contributed by atoms with van der Waals surface area (Å²) < 4.78 is 4.01. The topological polar surface area (TPSA) is 60.9 Å². The highest BCUT2D eigenvalue weighted by Crippen LogP contribution is 2.27. The predicted molar refractivity (Wildman–Crippen MR) is 145 cm³/mol. The molecule has 36 heavy (non-hydrogen) atoms. The molecule has 5 aromatic rings. The number of benzene rings is 3. The minimum atomic E-state index is -0.162. The van der Waals surface area contributed by atoms with Gasteiger partial charge >= 0.3 is 0 Å². The lowest BCUT2D eigenvalue weighted by Gasteiger charge is -2.11. The van der Waals surface area contributed by atoms with Crippen molar-refractivity contribution in [2.45, 2.75) is 0 Å². The summed E-state index contributed by atoms with van der Waals surface area (Å²) in [6.45, 7) is 0.